The fourth-order valence-electron chi connectivity index (χ4n) is 11.2. The summed E-state index contributed by atoms with van der Waals surface area (Å²) in [6.45, 7) is 1.59. The van der Waals surface area contributed by atoms with Crippen LogP contribution in [0.1, 0.15) is 213 Å². The highest BCUT2D eigenvalue weighted by Gasteiger charge is 2.53. The van der Waals surface area contributed by atoms with Crippen LogP contribution in [0.15, 0.2) is 122 Å². The Morgan fingerprint density at radius 2 is 0.734 bits per heavy atom. The first-order valence-corrected chi connectivity index (χ1v) is 35.8. The van der Waals surface area contributed by atoms with E-state index in [2.05, 4.69) is 129 Å². The molecule has 3 aliphatic rings. The number of hydrogen-bond donors (Lipinski definition) is 12. The summed E-state index contributed by atoms with van der Waals surface area (Å²) in [6.07, 6.45) is 48.8. The standard InChI is InChI=1S/C75H125NO18/c1-3-5-7-9-11-13-15-17-19-21-22-23-24-25-26-27-28-29-30-31-32-33-34-35-36-37-39-41-43-45-47-49-51-53-63(81)76-58(59(80)52-50-48-46-44-42-40-38-20-18-16-14-12-10-8-6-4-2)57-89-73-69(87)66(84)71(61(55-78)91-73)94-75-70(88)67(85)72(62(56-79)92-75)93-74-68(86)65(83)64(82)60(54-77)90-74/h5,7,11,13,17,19,22-23,25-26,28-29,31-32,34-35,37,39,50,52,58-62,64-75,77-80,82-88H,3-4,6,8-10,12,14-16,18,20-21,24,27,30,33,36,38,40-49,51,53-57H2,1-2H3,(H,76,81)/b7-5-,13-11-,19-17-,23-22-,26-25-,29-28-,32-31-,35-34-,39-37-,52-50+. The van der Waals surface area contributed by atoms with E-state index in [1.165, 1.54) is 70.6 Å². The number of amides is 1. The molecule has 3 aliphatic heterocycles. The SMILES string of the molecule is CC/C=C\C/C=C\C/C=C\C/C=C\C/C=C\C/C=C\C/C=C\C/C=C\C/C=C\CCCCCCCC(=O)NC(COC1OC(CO)C(OC2OC(CO)C(OC3OC(CO)C(O)C(O)C3O)C(O)C2O)C(O)C1O)C(O)/C=C/CCCCCCCCCCCCCCCC. The monoisotopic (exact) mass is 1330 g/mol. The first kappa shape index (κ1) is 84.4. The van der Waals surface area contributed by atoms with E-state index < -0.39 is 124 Å². The van der Waals surface area contributed by atoms with E-state index in [9.17, 15) is 61.0 Å². The van der Waals surface area contributed by atoms with Crippen LogP contribution in [0.2, 0.25) is 0 Å². The molecule has 19 heteroatoms. The van der Waals surface area contributed by atoms with Crippen molar-refractivity contribution in [1.82, 2.24) is 5.32 Å². The van der Waals surface area contributed by atoms with Crippen molar-refractivity contribution in [3.05, 3.63) is 122 Å². The van der Waals surface area contributed by atoms with Gasteiger partial charge in [-0.1, -0.05) is 238 Å². The molecule has 3 saturated heterocycles. The Labute approximate surface area is 563 Å². The number of carbonyl (C=O) groups excluding carboxylic acids is 1. The summed E-state index contributed by atoms with van der Waals surface area (Å²) < 4.78 is 34.3. The number of aliphatic hydroxyl groups excluding tert-OH is 11. The summed E-state index contributed by atoms with van der Waals surface area (Å²) >= 11 is 0. The molecule has 12 N–H and O–H groups in total. The molecule has 0 spiro atoms. The van der Waals surface area contributed by atoms with Gasteiger partial charge in [0.25, 0.3) is 0 Å². The molecule has 94 heavy (non-hydrogen) atoms. The van der Waals surface area contributed by atoms with Crippen LogP contribution in [0.4, 0.5) is 0 Å². The lowest BCUT2D eigenvalue weighted by atomic mass is 9.96. The molecule has 0 bridgehead atoms. The number of aliphatic hydroxyl groups is 11. The van der Waals surface area contributed by atoms with Crippen molar-refractivity contribution in [1.29, 1.82) is 0 Å². The molecule has 3 rings (SSSR count). The number of unbranched alkanes of at least 4 members (excludes halogenated alkanes) is 19. The van der Waals surface area contributed by atoms with Gasteiger partial charge in [-0.3, -0.25) is 4.79 Å². The van der Waals surface area contributed by atoms with Gasteiger partial charge in [-0.2, -0.15) is 0 Å². The lowest BCUT2D eigenvalue weighted by Gasteiger charge is -2.48. The van der Waals surface area contributed by atoms with Crippen molar-refractivity contribution >= 4 is 5.91 Å². The Bertz CT molecular complexity index is 2180. The Hall–Kier alpha value is -3.81. The average Bonchev–Trinajstić information content (AvgIpc) is 0.787. The summed E-state index contributed by atoms with van der Waals surface area (Å²) in [7, 11) is 0. The molecular weight excluding hydrogens is 1200 g/mol. The van der Waals surface area contributed by atoms with Crippen LogP contribution in [0.3, 0.4) is 0 Å². The minimum atomic E-state index is -1.99. The van der Waals surface area contributed by atoms with Crippen LogP contribution >= 0.6 is 0 Å². The molecule has 3 heterocycles. The smallest absolute Gasteiger partial charge is 0.220 e. The number of allylic oxidation sites excluding steroid dienone is 19. The second kappa shape index (κ2) is 55.1. The van der Waals surface area contributed by atoms with Crippen LogP contribution in [0.5, 0.6) is 0 Å². The maximum Gasteiger partial charge on any atom is 0.220 e. The third-order valence-electron chi connectivity index (χ3n) is 17.0. The van der Waals surface area contributed by atoms with Gasteiger partial charge in [0.05, 0.1) is 38.6 Å². The molecule has 538 valence electrons. The highest BCUT2D eigenvalue weighted by atomic mass is 16.8. The Balaban J connectivity index is 1.41. The van der Waals surface area contributed by atoms with E-state index >= 15 is 0 Å². The van der Waals surface area contributed by atoms with Crippen molar-refractivity contribution in [3.8, 4) is 0 Å². The number of ether oxygens (including phenoxy) is 6. The largest absolute Gasteiger partial charge is 0.394 e. The van der Waals surface area contributed by atoms with Gasteiger partial charge in [-0.05, 0) is 89.9 Å². The Kier molecular flexibility index (Phi) is 49.5. The molecule has 0 radical (unpaired) electrons. The van der Waals surface area contributed by atoms with E-state index in [0.29, 0.717) is 6.42 Å². The van der Waals surface area contributed by atoms with Gasteiger partial charge < -0.3 is 89.9 Å². The van der Waals surface area contributed by atoms with Crippen molar-refractivity contribution in [3.63, 3.8) is 0 Å². The fraction of sp³-hybridized carbons (Fsp3) is 0.720. The zero-order valence-corrected chi connectivity index (χ0v) is 56.9. The van der Waals surface area contributed by atoms with Gasteiger partial charge in [-0.25, -0.2) is 0 Å². The predicted molar refractivity (Wildman–Crippen MR) is 369 cm³/mol. The van der Waals surface area contributed by atoms with E-state index in [4.69, 9.17) is 28.4 Å². The van der Waals surface area contributed by atoms with Crippen molar-refractivity contribution in [2.24, 2.45) is 0 Å². The number of rotatable bonds is 53. The molecule has 0 aromatic carbocycles. The van der Waals surface area contributed by atoms with Gasteiger partial charge in [0.2, 0.25) is 5.91 Å². The highest BCUT2D eigenvalue weighted by Crippen LogP contribution is 2.33. The number of hydrogen-bond acceptors (Lipinski definition) is 18. The van der Waals surface area contributed by atoms with Crippen LogP contribution in [-0.2, 0) is 33.2 Å². The molecular formula is C75H125NO18. The molecule has 17 atom stereocenters. The molecule has 3 fully saturated rings. The van der Waals surface area contributed by atoms with Crippen molar-refractivity contribution in [2.45, 2.75) is 317 Å². The summed E-state index contributed by atoms with van der Waals surface area (Å²) in [5, 5.41) is 121. The summed E-state index contributed by atoms with van der Waals surface area (Å²) in [5.74, 6) is -0.300. The summed E-state index contributed by atoms with van der Waals surface area (Å²) in [5.41, 5.74) is 0. The topological polar surface area (TPSA) is 307 Å². The maximum atomic E-state index is 13.4. The van der Waals surface area contributed by atoms with Crippen LogP contribution in [-0.4, -0.2) is 193 Å². The average molecular weight is 1330 g/mol. The van der Waals surface area contributed by atoms with E-state index in [0.717, 1.165) is 116 Å². The fourth-order valence-corrected chi connectivity index (χ4v) is 11.2. The van der Waals surface area contributed by atoms with Crippen LogP contribution in [0, 0.1) is 0 Å². The highest BCUT2D eigenvalue weighted by molar-refractivity contribution is 5.76. The molecule has 0 aliphatic carbocycles. The van der Waals surface area contributed by atoms with Gasteiger partial charge in [0.15, 0.2) is 18.9 Å². The Morgan fingerprint density at radius 3 is 1.15 bits per heavy atom. The van der Waals surface area contributed by atoms with Crippen LogP contribution in [0.25, 0.3) is 0 Å². The lowest BCUT2D eigenvalue weighted by molar-refractivity contribution is -0.379. The minimum absolute atomic E-state index is 0.213. The third-order valence-corrected chi connectivity index (χ3v) is 17.0. The van der Waals surface area contributed by atoms with Crippen LogP contribution < -0.4 is 5.32 Å². The second-order valence-corrected chi connectivity index (χ2v) is 25.0. The quantitative estimate of drug-likeness (QED) is 0.0199. The van der Waals surface area contributed by atoms with Gasteiger partial charge >= 0.3 is 0 Å². The summed E-state index contributed by atoms with van der Waals surface area (Å²) in [4.78, 5) is 13.4. The second-order valence-electron chi connectivity index (χ2n) is 25.0. The Morgan fingerprint density at radius 1 is 0.394 bits per heavy atom. The van der Waals surface area contributed by atoms with Crippen molar-refractivity contribution in [2.75, 3.05) is 26.4 Å². The number of nitrogens with one attached hydrogen (secondary N) is 1. The van der Waals surface area contributed by atoms with E-state index in [1.54, 1.807) is 6.08 Å². The maximum absolute atomic E-state index is 13.4. The normalized spacial score (nSPS) is 28.1. The lowest BCUT2D eigenvalue weighted by Crippen LogP contribution is -2.66. The summed E-state index contributed by atoms with van der Waals surface area (Å²) in [6, 6.07) is -0.993. The van der Waals surface area contributed by atoms with Crippen molar-refractivity contribution < 1.29 is 89.4 Å². The minimum Gasteiger partial charge on any atom is -0.394 e. The molecule has 19 nitrogen and oxygen atoms in total. The van der Waals surface area contributed by atoms with Gasteiger partial charge in [-0.15, -0.1) is 0 Å². The number of carbonyl (C=O) groups is 1. The van der Waals surface area contributed by atoms with E-state index in [1.807, 2.05) is 6.08 Å². The first-order chi connectivity index (χ1) is 45.8. The van der Waals surface area contributed by atoms with Gasteiger partial charge in [0.1, 0.15) is 73.2 Å². The zero-order chi connectivity index (χ0) is 68.2. The zero-order valence-electron chi connectivity index (χ0n) is 56.9. The first-order valence-electron chi connectivity index (χ1n) is 35.8. The molecule has 0 aromatic rings. The molecule has 0 saturated carbocycles. The predicted octanol–water partition coefficient (Wildman–Crippen LogP) is 9.99. The molecule has 1 amide bonds. The van der Waals surface area contributed by atoms with E-state index in [-0.39, 0.29) is 18.9 Å². The molecule has 0 aromatic heterocycles. The molecule has 17 unspecified atom stereocenters. The van der Waals surface area contributed by atoms with Gasteiger partial charge in [0, 0.05) is 6.42 Å². The third kappa shape index (κ3) is 36.1.